The molecule has 0 bridgehead atoms. The van der Waals surface area contributed by atoms with E-state index >= 15 is 0 Å². The second-order valence-electron chi connectivity index (χ2n) is 4.81. The standard InChI is InChI=1S/C14H25ClN2.ClH/c1-2-3-4-7-14(12-15)8-5-6-10-17-11-9-16-13-17;/h9,11,13-14H,2-8,10,12H2,1H3;1H. The number of alkyl halides is 1. The number of unbranched alkanes of at least 4 members (excludes halogenated alkanes) is 3. The molecule has 0 aromatic carbocycles. The molecule has 1 rings (SSSR count). The highest BCUT2D eigenvalue weighted by molar-refractivity contribution is 6.18. The van der Waals surface area contributed by atoms with Crippen LogP contribution in [0.25, 0.3) is 0 Å². The molecule has 4 heteroatoms. The van der Waals surface area contributed by atoms with Crippen molar-refractivity contribution in [2.75, 3.05) is 5.88 Å². The fourth-order valence-corrected chi connectivity index (χ4v) is 2.44. The minimum atomic E-state index is 0. The Kier molecular flexibility index (Phi) is 11.7. The normalized spacial score (nSPS) is 12.1. The third-order valence-corrected chi connectivity index (χ3v) is 3.71. The van der Waals surface area contributed by atoms with Crippen LogP contribution in [0.15, 0.2) is 18.7 Å². The van der Waals surface area contributed by atoms with Gasteiger partial charge in [0.05, 0.1) is 6.33 Å². The molecule has 2 nitrogen and oxygen atoms in total. The maximum absolute atomic E-state index is 6.01. The van der Waals surface area contributed by atoms with E-state index in [0.717, 1.165) is 18.3 Å². The van der Waals surface area contributed by atoms with E-state index in [9.17, 15) is 0 Å². The molecule has 0 aliphatic heterocycles. The molecule has 0 aliphatic rings. The van der Waals surface area contributed by atoms with Gasteiger partial charge in [-0.3, -0.25) is 0 Å². The number of rotatable bonds is 10. The van der Waals surface area contributed by atoms with Crippen molar-refractivity contribution in [3.8, 4) is 0 Å². The number of aromatic nitrogens is 2. The first kappa shape index (κ1) is 17.8. The maximum atomic E-state index is 6.01. The lowest BCUT2D eigenvalue weighted by Gasteiger charge is -2.13. The van der Waals surface area contributed by atoms with Crippen LogP contribution >= 0.6 is 24.0 Å². The van der Waals surface area contributed by atoms with Crippen LogP contribution in [0.5, 0.6) is 0 Å². The molecular formula is C14H26Cl2N2. The lowest BCUT2D eigenvalue weighted by molar-refractivity contribution is 0.438. The Hall–Kier alpha value is -0.210. The van der Waals surface area contributed by atoms with E-state index in [1.807, 2.05) is 18.7 Å². The minimum absolute atomic E-state index is 0. The Morgan fingerprint density at radius 3 is 2.44 bits per heavy atom. The first-order valence-electron chi connectivity index (χ1n) is 6.88. The minimum Gasteiger partial charge on any atom is -0.337 e. The molecule has 1 aromatic heterocycles. The van der Waals surface area contributed by atoms with E-state index in [4.69, 9.17) is 11.6 Å². The third-order valence-electron chi connectivity index (χ3n) is 3.27. The smallest absolute Gasteiger partial charge is 0.0945 e. The van der Waals surface area contributed by atoms with Crippen LogP contribution in [0.1, 0.15) is 51.9 Å². The average molecular weight is 293 g/mol. The van der Waals surface area contributed by atoms with E-state index in [2.05, 4.69) is 16.5 Å². The van der Waals surface area contributed by atoms with Crippen molar-refractivity contribution in [3.05, 3.63) is 18.7 Å². The zero-order chi connectivity index (χ0) is 12.3. The van der Waals surface area contributed by atoms with Crippen LogP contribution < -0.4 is 0 Å². The summed E-state index contributed by atoms with van der Waals surface area (Å²) in [6.07, 6.45) is 14.9. The fraction of sp³-hybridized carbons (Fsp3) is 0.786. The Labute approximate surface area is 123 Å². The topological polar surface area (TPSA) is 17.8 Å². The molecule has 0 radical (unpaired) electrons. The third kappa shape index (κ3) is 7.99. The lowest BCUT2D eigenvalue weighted by atomic mass is 9.97. The zero-order valence-corrected chi connectivity index (χ0v) is 12.9. The number of hydrogen-bond donors (Lipinski definition) is 0. The van der Waals surface area contributed by atoms with Gasteiger partial charge in [-0.25, -0.2) is 4.98 Å². The highest BCUT2D eigenvalue weighted by atomic mass is 35.5. The highest BCUT2D eigenvalue weighted by Gasteiger charge is 2.06. The molecular weight excluding hydrogens is 267 g/mol. The summed E-state index contributed by atoms with van der Waals surface area (Å²) in [4.78, 5) is 4.04. The molecule has 0 saturated heterocycles. The number of imidazole rings is 1. The van der Waals surface area contributed by atoms with Crippen molar-refractivity contribution < 1.29 is 0 Å². The van der Waals surface area contributed by atoms with Crippen LogP contribution in [0.3, 0.4) is 0 Å². The second-order valence-corrected chi connectivity index (χ2v) is 5.12. The van der Waals surface area contributed by atoms with E-state index in [1.165, 1.54) is 44.9 Å². The molecule has 18 heavy (non-hydrogen) atoms. The van der Waals surface area contributed by atoms with Gasteiger partial charge < -0.3 is 4.57 Å². The maximum Gasteiger partial charge on any atom is 0.0945 e. The number of aryl methyl sites for hydroxylation is 1. The summed E-state index contributed by atoms with van der Waals surface area (Å²) < 4.78 is 2.15. The number of hydrogen-bond acceptors (Lipinski definition) is 1. The quantitative estimate of drug-likeness (QED) is 0.442. The summed E-state index contributed by atoms with van der Waals surface area (Å²) in [7, 11) is 0. The van der Waals surface area contributed by atoms with Crippen molar-refractivity contribution in [1.82, 2.24) is 9.55 Å². The van der Waals surface area contributed by atoms with E-state index < -0.39 is 0 Å². The molecule has 0 spiro atoms. The molecule has 0 amide bonds. The summed E-state index contributed by atoms with van der Waals surface area (Å²) in [5.74, 6) is 1.56. The first-order chi connectivity index (χ1) is 8.36. The molecule has 0 fully saturated rings. The predicted octanol–water partition coefficient (Wildman–Crippen LogP) is 4.91. The van der Waals surface area contributed by atoms with Gasteiger partial charge in [-0.05, 0) is 25.2 Å². The van der Waals surface area contributed by atoms with Crippen LogP contribution in [0.4, 0.5) is 0 Å². The molecule has 106 valence electrons. The lowest BCUT2D eigenvalue weighted by Crippen LogP contribution is -2.03. The van der Waals surface area contributed by atoms with Crippen molar-refractivity contribution in [3.63, 3.8) is 0 Å². The number of nitrogens with zero attached hydrogens (tertiary/aromatic N) is 2. The van der Waals surface area contributed by atoms with Gasteiger partial charge in [-0.2, -0.15) is 0 Å². The Bertz CT molecular complexity index is 263. The molecule has 0 saturated carbocycles. The second kappa shape index (κ2) is 11.9. The van der Waals surface area contributed by atoms with Crippen molar-refractivity contribution >= 4 is 24.0 Å². The van der Waals surface area contributed by atoms with Gasteiger partial charge in [-0.15, -0.1) is 24.0 Å². The van der Waals surface area contributed by atoms with E-state index in [0.29, 0.717) is 0 Å². The SMILES string of the molecule is CCCCCC(CCl)CCCCn1ccnc1.Cl. The summed E-state index contributed by atoms with van der Waals surface area (Å²) in [5.41, 5.74) is 0. The van der Waals surface area contributed by atoms with Gasteiger partial charge in [0.25, 0.3) is 0 Å². The van der Waals surface area contributed by atoms with E-state index in [-0.39, 0.29) is 12.4 Å². The van der Waals surface area contributed by atoms with Gasteiger partial charge >= 0.3 is 0 Å². The summed E-state index contributed by atoms with van der Waals surface area (Å²) in [6.45, 7) is 3.34. The zero-order valence-electron chi connectivity index (χ0n) is 11.4. The molecule has 1 unspecified atom stereocenters. The molecule has 0 N–H and O–H groups in total. The van der Waals surface area contributed by atoms with Crippen molar-refractivity contribution in [1.29, 1.82) is 0 Å². The van der Waals surface area contributed by atoms with Gasteiger partial charge in [0.1, 0.15) is 0 Å². The van der Waals surface area contributed by atoms with Gasteiger partial charge in [0.2, 0.25) is 0 Å². The first-order valence-corrected chi connectivity index (χ1v) is 7.42. The molecule has 1 aromatic rings. The summed E-state index contributed by atoms with van der Waals surface area (Å²) >= 11 is 6.01. The molecule has 1 heterocycles. The molecule has 0 aliphatic carbocycles. The fourth-order valence-electron chi connectivity index (χ4n) is 2.13. The van der Waals surface area contributed by atoms with Crippen LogP contribution in [0, 0.1) is 5.92 Å². The van der Waals surface area contributed by atoms with Crippen molar-refractivity contribution in [2.45, 2.75) is 58.4 Å². The van der Waals surface area contributed by atoms with Crippen LogP contribution in [-0.2, 0) is 6.54 Å². The Morgan fingerprint density at radius 1 is 1.17 bits per heavy atom. The summed E-state index contributed by atoms with van der Waals surface area (Å²) in [5, 5.41) is 0. The predicted molar refractivity (Wildman–Crippen MR) is 81.7 cm³/mol. The Morgan fingerprint density at radius 2 is 1.89 bits per heavy atom. The van der Waals surface area contributed by atoms with Gasteiger partial charge in [0.15, 0.2) is 0 Å². The highest BCUT2D eigenvalue weighted by Crippen LogP contribution is 2.18. The average Bonchev–Trinajstić information content (AvgIpc) is 2.85. The van der Waals surface area contributed by atoms with Crippen LogP contribution in [-0.4, -0.2) is 15.4 Å². The largest absolute Gasteiger partial charge is 0.337 e. The summed E-state index contributed by atoms with van der Waals surface area (Å²) in [6, 6.07) is 0. The number of halogens is 2. The van der Waals surface area contributed by atoms with Gasteiger partial charge in [0, 0.05) is 24.8 Å². The van der Waals surface area contributed by atoms with E-state index in [1.54, 1.807) is 0 Å². The molecule has 1 atom stereocenters. The van der Waals surface area contributed by atoms with Gasteiger partial charge in [-0.1, -0.05) is 32.6 Å². The van der Waals surface area contributed by atoms with Crippen molar-refractivity contribution in [2.24, 2.45) is 5.92 Å². The Balaban J connectivity index is 0.00000289. The van der Waals surface area contributed by atoms with Crippen LogP contribution in [0.2, 0.25) is 0 Å². The monoisotopic (exact) mass is 292 g/mol.